The Bertz CT molecular complexity index is 925. The third kappa shape index (κ3) is 4.05. The normalized spacial score (nSPS) is 12.0. The molecule has 0 aromatic heterocycles. The molecule has 25 heavy (non-hydrogen) atoms. The molecule has 2 rings (SSSR count). The molecule has 0 aliphatic heterocycles. The molecule has 0 aliphatic rings. The number of rotatable bonds is 4. The van der Waals surface area contributed by atoms with Gasteiger partial charge in [-0.1, -0.05) is 17.7 Å². The van der Waals surface area contributed by atoms with E-state index in [9.17, 15) is 36.1 Å². The number of hydrogen-bond donors (Lipinski definition) is 1. The molecule has 2 aromatic rings. The molecule has 0 bridgehead atoms. The largest absolute Gasteiger partial charge is 0.416 e. The highest BCUT2D eigenvalue weighted by Crippen LogP contribution is 2.36. The average Bonchev–Trinajstić information content (AvgIpc) is 2.48. The van der Waals surface area contributed by atoms with Crippen LogP contribution in [-0.4, -0.2) is 13.3 Å². The molecule has 0 fully saturated rings. The molecule has 6 nitrogen and oxygen atoms in total. The molecule has 2 aromatic carbocycles. The molecule has 0 saturated heterocycles. The summed E-state index contributed by atoms with van der Waals surface area (Å²) in [5.41, 5.74) is -3.49. The molecular formula is C14H10F4N2O4S. The van der Waals surface area contributed by atoms with E-state index in [-0.39, 0.29) is 17.0 Å². The van der Waals surface area contributed by atoms with Crippen LogP contribution in [0.15, 0.2) is 41.3 Å². The fourth-order valence-corrected chi connectivity index (χ4v) is 2.95. The molecule has 0 saturated carbocycles. The van der Waals surface area contributed by atoms with E-state index in [2.05, 4.69) is 0 Å². The van der Waals surface area contributed by atoms with E-state index in [1.165, 1.54) is 12.1 Å². The second-order valence-corrected chi connectivity index (χ2v) is 6.71. The molecule has 0 unspecified atom stereocenters. The summed E-state index contributed by atoms with van der Waals surface area (Å²) >= 11 is 0. The highest BCUT2D eigenvalue weighted by atomic mass is 32.2. The Hall–Kier alpha value is -2.69. The third-order valence-corrected chi connectivity index (χ3v) is 4.53. The molecule has 0 radical (unpaired) electrons. The van der Waals surface area contributed by atoms with Crippen LogP contribution in [0.1, 0.15) is 11.1 Å². The molecule has 0 amide bonds. The second-order valence-electron chi connectivity index (χ2n) is 5.03. The highest BCUT2D eigenvalue weighted by molar-refractivity contribution is 7.92. The number of hydrogen-bond acceptors (Lipinski definition) is 4. The number of nitro groups is 1. The number of halogens is 4. The van der Waals surface area contributed by atoms with E-state index < -0.39 is 43.9 Å². The lowest BCUT2D eigenvalue weighted by Crippen LogP contribution is -2.16. The van der Waals surface area contributed by atoms with Gasteiger partial charge in [-0.3, -0.25) is 14.8 Å². The Kier molecular flexibility index (Phi) is 4.71. The Morgan fingerprint density at radius 2 is 1.68 bits per heavy atom. The third-order valence-electron chi connectivity index (χ3n) is 3.15. The summed E-state index contributed by atoms with van der Waals surface area (Å²) in [6.45, 7) is 1.68. The van der Waals surface area contributed by atoms with Crippen LogP contribution in [0, 0.1) is 22.9 Å². The number of nitrogens with one attached hydrogen (secondary N) is 1. The summed E-state index contributed by atoms with van der Waals surface area (Å²) < 4.78 is 78.5. The maximum absolute atomic E-state index is 14.1. The first-order chi connectivity index (χ1) is 11.4. The number of sulfonamides is 1. The van der Waals surface area contributed by atoms with Gasteiger partial charge in [0.1, 0.15) is 0 Å². The second kappa shape index (κ2) is 6.31. The fraction of sp³-hybridized carbons (Fsp3) is 0.143. The van der Waals surface area contributed by atoms with Crippen LogP contribution in [0.4, 0.5) is 28.9 Å². The van der Waals surface area contributed by atoms with Crippen molar-refractivity contribution in [3.8, 4) is 0 Å². The van der Waals surface area contributed by atoms with Crippen molar-refractivity contribution in [1.82, 2.24) is 0 Å². The molecule has 0 spiro atoms. The number of aryl methyl sites for hydroxylation is 1. The Morgan fingerprint density at radius 1 is 1.12 bits per heavy atom. The Morgan fingerprint density at radius 3 is 2.16 bits per heavy atom. The number of anilines is 1. The zero-order chi connectivity index (χ0) is 19.0. The van der Waals surface area contributed by atoms with Gasteiger partial charge >= 0.3 is 11.9 Å². The van der Waals surface area contributed by atoms with Gasteiger partial charge in [0, 0.05) is 6.07 Å². The van der Waals surface area contributed by atoms with Crippen LogP contribution in [0.25, 0.3) is 0 Å². The first kappa shape index (κ1) is 18.6. The zero-order valence-electron chi connectivity index (χ0n) is 12.5. The topological polar surface area (TPSA) is 89.3 Å². The predicted octanol–water partition coefficient (Wildman–Crippen LogP) is 3.86. The molecule has 1 N–H and O–H groups in total. The van der Waals surface area contributed by atoms with Gasteiger partial charge in [-0.25, -0.2) is 8.42 Å². The van der Waals surface area contributed by atoms with Crippen molar-refractivity contribution in [1.29, 1.82) is 0 Å². The van der Waals surface area contributed by atoms with E-state index in [0.717, 1.165) is 17.7 Å². The van der Waals surface area contributed by atoms with Crippen molar-refractivity contribution < 1.29 is 30.9 Å². The predicted molar refractivity (Wildman–Crippen MR) is 80.0 cm³/mol. The van der Waals surface area contributed by atoms with Gasteiger partial charge in [0.25, 0.3) is 10.0 Å². The molecular weight excluding hydrogens is 368 g/mol. The lowest BCUT2D eigenvalue weighted by Gasteiger charge is -2.12. The van der Waals surface area contributed by atoms with E-state index >= 15 is 0 Å². The van der Waals surface area contributed by atoms with E-state index in [1.54, 1.807) is 11.6 Å². The monoisotopic (exact) mass is 378 g/mol. The quantitative estimate of drug-likeness (QED) is 0.497. The minimum atomic E-state index is -5.03. The van der Waals surface area contributed by atoms with E-state index in [0.29, 0.717) is 0 Å². The molecule has 0 aliphatic carbocycles. The molecule has 134 valence electrons. The van der Waals surface area contributed by atoms with E-state index in [1.807, 2.05) is 0 Å². The molecule has 11 heteroatoms. The summed E-state index contributed by atoms with van der Waals surface area (Å²) in [6, 6.07) is 5.35. The number of alkyl halides is 3. The number of nitro benzene ring substituents is 1. The van der Waals surface area contributed by atoms with Crippen LogP contribution < -0.4 is 4.72 Å². The SMILES string of the molecule is Cc1ccc(S(=O)(=O)Nc2cc(C(F)(F)F)cc([N+](=O)[O-])c2F)cc1. The minimum Gasteiger partial charge on any atom is -0.276 e. The minimum absolute atomic E-state index is 0.000983. The van der Waals surface area contributed by atoms with Crippen molar-refractivity contribution in [3.63, 3.8) is 0 Å². The number of nitrogens with zero attached hydrogens (tertiary/aromatic N) is 1. The van der Waals surface area contributed by atoms with Crippen LogP contribution >= 0.6 is 0 Å². The lowest BCUT2D eigenvalue weighted by atomic mass is 10.1. The molecule has 0 atom stereocenters. The summed E-state index contributed by atoms with van der Waals surface area (Å²) in [6.07, 6.45) is -5.03. The van der Waals surface area contributed by atoms with Crippen LogP contribution in [0.3, 0.4) is 0 Å². The smallest absolute Gasteiger partial charge is 0.276 e. The van der Waals surface area contributed by atoms with Gasteiger partial charge in [-0.15, -0.1) is 0 Å². The summed E-state index contributed by atoms with van der Waals surface area (Å²) in [7, 11) is -4.44. The average molecular weight is 378 g/mol. The van der Waals surface area contributed by atoms with Crippen molar-refractivity contribution in [2.24, 2.45) is 0 Å². The summed E-state index contributed by atoms with van der Waals surface area (Å²) in [5.74, 6) is -1.71. The van der Waals surface area contributed by atoms with Crippen molar-refractivity contribution >= 4 is 21.4 Å². The Balaban J connectivity index is 2.56. The van der Waals surface area contributed by atoms with Crippen LogP contribution in [-0.2, 0) is 16.2 Å². The van der Waals surface area contributed by atoms with Crippen molar-refractivity contribution in [2.75, 3.05) is 4.72 Å². The first-order valence-electron chi connectivity index (χ1n) is 6.56. The van der Waals surface area contributed by atoms with E-state index in [4.69, 9.17) is 0 Å². The van der Waals surface area contributed by atoms with Gasteiger partial charge in [-0.05, 0) is 25.1 Å². The van der Waals surface area contributed by atoms with Gasteiger partial charge in [0.2, 0.25) is 5.82 Å². The van der Waals surface area contributed by atoms with Gasteiger partial charge in [0.15, 0.2) is 0 Å². The maximum Gasteiger partial charge on any atom is 0.416 e. The number of benzene rings is 2. The zero-order valence-corrected chi connectivity index (χ0v) is 13.3. The van der Waals surface area contributed by atoms with Crippen LogP contribution in [0.5, 0.6) is 0 Å². The molecule has 0 heterocycles. The van der Waals surface area contributed by atoms with Gasteiger partial charge in [-0.2, -0.15) is 17.6 Å². The van der Waals surface area contributed by atoms with Crippen molar-refractivity contribution in [2.45, 2.75) is 18.0 Å². The summed E-state index contributed by atoms with van der Waals surface area (Å²) in [5, 5.41) is 10.7. The summed E-state index contributed by atoms with van der Waals surface area (Å²) in [4.78, 5) is 9.04. The standard InChI is InChI=1S/C14H10F4N2O4S/c1-8-2-4-10(5-3-8)25(23,24)19-11-6-9(14(16,17)18)7-12(13(11)15)20(21)22/h2-7,19H,1H3. The lowest BCUT2D eigenvalue weighted by molar-refractivity contribution is -0.387. The highest BCUT2D eigenvalue weighted by Gasteiger charge is 2.35. The van der Waals surface area contributed by atoms with Gasteiger partial charge in [0.05, 0.1) is 21.1 Å². The first-order valence-corrected chi connectivity index (χ1v) is 8.05. The van der Waals surface area contributed by atoms with Crippen LogP contribution in [0.2, 0.25) is 0 Å². The maximum atomic E-state index is 14.1. The fourth-order valence-electron chi connectivity index (χ4n) is 1.90. The van der Waals surface area contributed by atoms with Gasteiger partial charge < -0.3 is 0 Å². The Labute approximate surface area is 139 Å². The van der Waals surface area contributed by atoms with Crippen molar-refractivity contribution in [3.05, 3.63) is 63.5 Å².